The number of fused-ring (bicyclic) bond motifs is 1. The third-order valence-electron chi connectivity index (χ3n) is 2.96. The number of aryl methyl sites for hydroxylation is 2. The highest BCUT2D eigenvalue weighted by molar-refractivity contribution is 5.98. The summed E-state index contributed by atoms with van der Waals surface area (Å²) in [5.74, 6) is 0.833. The first kappa shape index (κ1) is 8.77. The Hall–Kier alpha value is -1.51. The van der Waals surface area contributed by atoms with Crippen molar-refractivity contribution in [2.45, 2.75) is 32.1 Å². The van der Waals surface area contributed by atoms with Crippen LogP contribution in [0.5, 0.6) is 0 Å². The third-order valence-corrected chi connectivity index (χ3v) is 2.96. The van der Waals surface area contributed by atoms with Gasteiger partial charge in [-0.1, -0.05) is 6.08 Å². The van der Waals surface area contributed by atoms with Gasteiger partial charge < -0.3 is 0 Å². The van der Waals surface area contributed by atoms with E-state index in [2.05, 4.69) is 21.0 Å². The molecule has 1 aliphatic heterocycles. The lowest BCUT2D eigenvalue weighted by Gasteiger charge is -2.07. The largest absolute Gasteiger partial charge is 0.258 e. The first-order valence-corrected chi connectivity index (χ1v) is 5.50. The molecule has 0 radical (unpaired) electrons. The van der Waals surface area contributed by atoms with Gasteiger partial charge in [0, 0.05) is 18.1 Å². The Morgan fingerprint density at radius 2 is 2.13 bits per heavy atom. The number of hydrogen-bond donors (Lipinski definition) is 0. The van der Waals surface area contributed by atoms with Gasteiger partial charge in [-0.25, -0.2) is 9.97 Å². The van der Waals surface area contributed by atoms with E-state index >= 15 is 0 Å². The van der Waals surface area contributed by atoms with Crippen molar-refractivity contribution in [3.05, 3.63) is 35.6 Å². The Balaban J connectivity index is 1.99. The number of rotatable bonds is 1. The molecule has 3 nitrogen and oxygen atoms in total. The van der Waals surface area contributed by atoms with Crippen molar-refractivity contribution in [3.63, 3.8) is 0 Å². The van der Waals surface area contributed by atoms with Crippen molar-refractivity contribution in [2.24, 2.45) is 4.99 Å². The minimum Gasteiger partial charge on any atom is -0.258 e. The van der Waals surface area contributed by atoms with Gasteiger partial charge in [0.25, 0.3) is 0 Å². The molecule has 0 fully saturated rings. The summed E-state index contributed by atoms with van der Waals surface area (Å²) >= 11 is 0. The molecule has 1 aliphatic carbocycles. The second kappa shape index (κ2) is 3.57. The molecule has 0 bridgehead atoms. The molecule has 3 rings (SSSR count). The minimum atomic E-state index is 0.833. The molecule has 2 aliphatic rings. The highest BCUT2D eigenvalue weighted by Crippen LogP contribution is 2.19. The Morgan fingerprint density at radius 1 is 1.13 bits per heavy atom. The van der Waals surface area contributed by atoms with Crippen molar-refractivity contribution in [1.82, 2.24) is 9.97 Å². The summed E-state index contributed by atoms with van der Waals surface area (Å²) < 4.78 is 0. The molecule has 0 amide bonds. The lowest BCUT2D eigenvalue weighted by atomic mass is 10.1. The Labute approximate surface area is 89.0 Å². The van der Waals surface area contributed by atoms with Gasteiger partial charge in [0.15, 0.2) is 5.82 Å². The molecule has 0 spiro atoms. The van der Waals surface area contributed by atoms with Gasteiger partial charge in [0.05, 0.1) is 5.71 Å². The maximum Gasteiger partial charge on any atom is 0.174 e. The fourth-order valence-corrected chi connectivity index (χ4v) is 2.12. The lowest BCUT2D eigenvalue weighted by molar-refractivity contribution is 0.897. The van der Waals surface area contributed by atoms with E-state index in [-0.39, 0.29) is 0 Å². The molecule has 15 heavy (non-hydrogen) atoms. The highest BCUT2D eigenvalue weighted by atomic mass is 14.9. The van der Waals surface area contributed by atoms with Crippen LogP contribution >= 0.6 is 0 Å². The molecule has 0 N–H and O–H groups in total. The van der Waals surface area contributed by atoms with Gasteiger partial charge in [0.2, 0.25) is 0 Å². The quantitative estimate of drug-likeness (QED) is 0.694. The lowest BCUT2D eigenvalue weighted by Crippen LogP contribution is -2.09. The van der Waals surface area contributed by atoms with Crippen LogP contribution in [-0.2, 0) is 12.8 Å². The summed E-state index contributed by atoms with van der Waals surface area (Å²) in [7, 11) is 0. The molecule has 0 atom stereocenters. The van der Waals surface area contributed by atoms with E-state index in [0.717, 1.165) is 37.2 Å². The maximum absolute atomic E-state index is 4.60. The molecule has 0 aromatic carbocycles. The molecule has 2 heterocycles. The van der Waals surface area contributed by atoms with Crippen LogP contribution in [0.4, 0.5) is 0 Å². The number of aromatic nitrogens is 2. The van der Waals surface area contributed by atoms with Gasteiger partial charge in [-0.05, 0) is 37.7 Å². The van der Waals surface area contributed by atoms with Crippen LogP contribution in [0.1, 0.15) is 36.3 Å². The van der Waals surface area contributed by atoms with Gasteiger partial charge in [-0.3, -0.25) is 4.99 Å². The minimum absolute atomic E-state index is 0.833. The molecule has 1 aromatic heterocycles. The van der Waals surface area contributed by atoms with Gasteiger partial charge in [-0.15, -0.1) is 0 Å². The van der Waals surface area contributed by atoms with Crippen molar-refractivity contribution < 1.29 is 0 Å². The molecule has 3 heteroatoms. The predicted octanol–water partition coefficient (Wildman–Crippen LogP) is 2.06. The maximum atomic E-state index is 4.60. The second-order valence-corrected chi connectivity index (χ2v) is 4.02. The Morgan fingerprint density at radius 3 is 3.00 bits per heavy atom. The van der Waals surface area contributed by atoms with Gasteiger partial charge in [-0.2, -0.15) is 0 Å². The van der Waals surface area contributed by atoms with Crippen LogP contribution in [0, 0.1) is 0 Å². The van der Waals surface area contributed by atoms with Crippen molar-refractivity contribution in [3.8, 4) is 0 Å². The second-order valence-electron chi connectivity index (χ2n) is 4.02. The zero-order valence-electron chi connectivity index (χ0n) is 8.61. The average Bonchev–Trinajstić information content (AvgIpc) is 2.77. The van der Waals surface area contributed by atoms with E-state index in [1.54, 1.807) is 0 Å². The Kier molecular flexibility index (Phi) is 2.09. The number of nitrogens with zero attached hydrogens (tertiary/aromatic N) is 3. The van der Waals surface area contributed by atoms with E-state index in [1.807, 2.05) is 12.4 Å². The number of allylic oxidation sites excluding steroid dienone is 1. The van der Waals surface area contributed by atoms with Crippen LogP contribution in [0.3, 0.4) is 0 Å². The van der Waals surface area contributed by atoms with E-state index in [0.29, 0.717) is 0 Å². The number of aliphatic imine (C=N–C) groups is 1. The SMILES string of the molecule is C1=CN=C(c2ncc3c(n2)CCC3)CC1. The molecular weight excluding hydrogens is 186 g/mol. The van der Waals surface area contributed by atoms with Crippen LogP contribution in [0.25, 0.3) is 0 Å². The molecule has 0 saturated heterocycles. The van der Waals surface area contributed by atoms with E-state index < -0.39 is 0 Å². The van der Waals surface area contributed by atoms with Crippen LogP contribution in [0.15, 0.2) is 23.5 Å². The fourth-order valence-electron chi connectivity index (χ4n) is 2.12. The molecule has 1 aromatic rings. The van der Waals surface area contributed by atoms with Gasteiger partial charge >= 0.3 is 0 Å². The van der Waals surface area contributed by atoms with Crippen LogP contribution < -0.4 is 0 Å². The summed E-state index contributed by atoms with van der Waals surface area (Å²) in [6.07, 6.45) is 11.4. The van der Waals surface area contributed by atoms with E-state index in [1.165, 1.54) is 17.7 Å². The summed E-state index contributed by atoms with van der Waals surface area (Å²) in [6.45, 7) is 0. The smallest absolute Gasteiger partial charge is 0.174 e. The van der Waals surface area contributed by atoms with Crippen LogP contribution in [0.2, 0.25) is 0 Å². The topological polar surface area (TPSA) is 38.1 Å². The fraction of sp³-hybridized carbons (Fsp3) is 0.417. The molecule has 0 unspecified atom stereocenters. The van der Waals surface area contributed by atoms with Crippen molar-refractivity contribution >= 4 is 5.71 Å². The zero-order valence-corrected chi connectivity index (χ0v) is 8.61. The summed E-state index contributed by atoms with van der Waals surface area (Å²) in [5.41, 5.74) is 3.59. The third kappa shape index (κ3) is 1.58. The number of hydrogen-bond acceptors (Lipinski definition) is 3. The monoisotopic (exact) mass is 199 g/mol. The summed E-state index contributed by atoms with van der Waals surface area (Å²) in [6, 6.07) is 0. The molecule has 76 valence electrons. The standard InChI is InChI=1S/C12H13N3/c1-2-7-13-11(5-1)12-14-8-9-4-3-6-10(9)15-12/h2,7-8H,1,3-6H2. The van der Waals surface area contributed by atoms with Gasteiger partial charge in [0.1, 0.15) is 0 Å². The molecule has 0 saturated carbocycles. The average molecular weight is 199 g/mol. The normalized spacial score (nSPS) is 18.8. The summed E-state index contributed by atoms with van der Waals surface area (Å²) in [5, 5.41) is 0. The Bertz CT molecular complexity index is 446. The van der Waals surface area contributed by atoms with Crippen molar-refractivity contribution in [1.29, 1.82) is 0 Å². The summed E-state index contributed by atoms with van der Waals surface area (Å²) in [4.78, 5) is 13.3. The molecular formula is C12H13N3. The predicted molar refractivity (Wildman–Crippen MR) is 59.0 cm³/mol. The zero-order chi connectivity index (χ0) is 10.1. The van der Waals surface area contributed by atoms with E-state index in [9.17, 15) is 0 Å². The van der Waals surface area contributed by atoms with E-state index in [4.69, 9.17) is 0 Å². The van der Waals surface area contributed by atoms with Crippen molar-refractivity contribution in [2.75, 3.05) is 0 Å². The first-order chi connectivity index (χ1) is 7.43. The van der Waals surface area contributed by atoms with Crippen LogP contribution in [-0.4, -0.2) is 15.7 Å². The first-order valence-electron chi connectivity index (χ1n) is 5.50. The highest BCUT2D eigenvalue weighted by Gasteiger charge is 2.15.